The van der Waals surface area contributed by atoms with E-state index in [9.17, 15) is 4.39 Å². The van der Waals surface area contributed by atoms with Gasteiger partial charge in [0.25, 0.3) is 0 Å². The minimum Gasteiger partial charge on any atom is -0.302 e. The van der Waals surface area contributed by atoms with Gasteiger partial charge < -0.3 is 4.90 Å². The highest BCUT2D eigenvalue weighted by molar-refractivity contribution is 5.18. The van der Waals surface area contributed by atoms with Crippen LogP contribution in [0.5, 0.6) is 0 Å². The van der Waals surface area contributed by atoms with Gasteiger partial charge in [-0.05, 0) is 71.8 Å². The van der Waals surface area contributed by atoms with Gasteiger partial charge in [-0.3, -0.25) is 4.68 Å². The summed E-state index contributed by atoms with van der Waals surface area (Å²) in [6.45, 7) is 6.74. The second-order valence-electron chi connectivity index (χ2n) is 9.76. The molecule has 0 amide bonds. The van der Waals surface area contributed by atoms with Crippen LogP contribution in [-0.2, 0) is 13.0 Å². The lowest BCUT2D eigenvalue weighted by atomic mass is 9.96. The molecular formula is C27H32FN3. The number of likely N-dealkylation sites (tertiary alicyclic amines) is 1. The highest BCUT2D eigenvalue weighted by Crippen LogP contribution is 2.43. The highest BCUT2D eigenvalue weighted by Gasteiger charge is 2.40. The minimum atomic E-state index is -0.137. The molecule has 4 heteroatoms. The number of nitrogens with zero attached hydrogens (tertiary/aromatic N) is 3. The molecule has 2 aromatic carbocycles. The maximum absolute atomic E-state index is 13.1. The number of benzene rings is 2. The van der Waals surface area contributed by atoms with Crippen molar-refractivity contribution in [3.05, 3.63) is 89.5 Å². The van der Waals surface area contributed by atoms with Crippen LogP contribution in [0.2, 0.25) is 0 Å². The Labute approximate surface area is 184 Å². The largest absolute Gasteiger partial charge is 0.302 e. The molecular weight excluding hydrogens is 385 g/mol. The first-order valence-corrected chi connectivity index (χ1v) is 11.7. The fourth-order valence-electron chi connectivity index (χ4n) is 5.78. The molecule has 1 aromatic heterocycles. The van der Waals surface area contributed by atoms with Crippen molar-refractivity contribution < 1.29 is 4.39 Å². The maximum atomic E-state index is 13.1. The summed E-state index contributed by atoms with van der Waals surface area (Å²) in [7, 11) is 0. The third kappa shape index (κ3) is 4.90. The van der Waals surface area contributed by atoms with Crippen LogP contribution in [0.4, 0.5) is 4.39 Å². The van der Waals surface area contributed by atoms with Gasteiger partial charge >= 0.3 is 0 Å². The average molecular weight is 418 g/mol. The predicted octanol–water partition coefficient (Wildman–Crippen LogP) is 5.37. The summed E-state index contributed by atoms with van der Waals surface area (Å²) >= 11 is 0. The fraction of sp³-hybridized carbons (Fsp3) is 0.444. The quantitative estimate of drug-likeness (QED) is 0.515. The molecule has 3 nitrogen and oxygen atoms in total. The molecule has 0 N–H and O–H groups in total. The van der Waals surface area contributed by atoms with Crippen molar-refractivity contribution in [2.24, 2.45) is 17.8 Å². The van der Waals surface area contributed by atoms with Gasteiger partial charge in [0.05, 0.1) is 12.7 Å². The Kier molecular flexibility index (Phi) is 5.91. The van der Waals surface area contributed by atoms with Gasteiger partial charge in [-0.2, -0.15) is 5.10 Å². The number of fused-ring (bicyclic) bond motifs is 1. The van der Waals surface area contributed by atoms with Gasteiger partial charge in [-0.1, -0.05) is 49.4 Å². The smallest absolute Gasteiger partial charge is 0.123 e. The Bertz CT molecular complexity index is 967. The predicted molar refractivity (Wildman–Crippen MR) is 122 cm³/mol. The van der Waals surface area contributed by atoms with Crippen LogP contribution >= 0.6 is 0 Å². The van der Waals surface area contributed by atoms with Crippen molar-refractivity contribution in [3.8, 4) is 0 Å². The molecule has 2 fully saturated rings. The van der Waals surface area contributed by atoms with Crippen LogP contribution in [-0.4, -0.2) is 34.3 Å². The Morgan fingerprint density at radius 3 is 2.39 bits per heavy atom. The van der Waals surface area contributed by atoms with Gasteiger partial charge in [0.15, 0.2) is 0 Å². The van der Waals surface area contributed by atoms with E-state index in [0.717, 1.165) is 37.3 Å². The Morgan fingerprint density at radius 2 is 1.68 bits per heavy atom. The topological polar surface area (TPSA) is 21.1 Å². The molecule has 1 aliphatic heterocycles. The van der Waals surface area contributed by atoms with E-state index in [1.54, 1.807) is 12.1 Å². The molecule has 1 saturated carbocycles. The molecule has 0 spiro atoms. The van der Waals surface area contributed by atoms with E-state index in [1.807, 2.05) is 18.3 Å². The van der Waals surface area contributed by atoms with Crippen molar-refractivity contribution >= 4 is 0 Å². The number of rotatable bonds is 7. The molecule has 0 radical (unpaired) electrons. The SMILES string of the molecule is CC(CN1C[C@H]2C[C@H](Cc3ccc(F)cc3)C[C@H]2C1)c1cnn(Cc2ccccc2)c1. The van der Waals surface area contributed by atoms with E-state index in [-0.39, 0.29) is 5.82 Å². The van der Waals surface area contributed by atoms with Crippen LogP contribution in [0.25, 0.3) is 0 Å². The lowest BCUT2D eigenvalue weighted by Crippen LogP contribution is -2.27. The number of aromatic nitrogens is 2. The molecule has 2 heterocycles. The summed E-state index contributed by atoms with van der Waals surface area (Å²) in [5.74, 6) is 2.79. The Balaban J connectivity index is 1.11. The second kappa shape index (κ2) is 8.96. The summed E-state index contributed by atoms with van der Waals surface area (Å²) in [4.78, 5) is 2.67. The zero-order chi connectivity index (χ0) is 21.2. The van der Waals surface area contributed by atoms with Crippen molar-refractivity contribution in [1.29, 1.82) is 0 Å². The molecule has 31 heavy (non-hydrogen) atoms. The lowest BCUT2D eigenvalue weighted by molar-refractivity contribution is 0.284. The molecule has 3 aromatic rings. The van der Waals surface area contributed by atoms with Gasteiger partial charge in [0.1, 0.15) is 5.82 Å². The minimum absolute atomic E-state index is 0.137. The number of hydrogen-bond donors (Lipinski definition) is 0. The van der Waals surface area contributed by atoms with Crippen molar-refractivity contribution in [2.45, 2.75) is 38.6 Å². The van der Waals surface area contributed by atoms with E-state index in [0.29, 0.717) is 5.92 Å². The fourth-order valence-corrected chi connectivity index (χ4v) is 5.78. The zero-order valence-electron chi connectivity index (χ0n) is 18.3. The van der Waals surface area contributed by atoms with E-state index in [1.165, 1.54) is 42.6 Å². The average Bonchev–Trinajstić information content (AvgIpc) is 3.46. The van der Waals surface area contributed by atoms with Crippen LogP contribution < -0.4 is 0 Å². The van der Waals surface area contributed by atoms with Crippen molar-refractivity contribution in [2.75, 3.05) is 19.6 Å². The summed E-state index contributed by atoms with van der Waals surface area (Å²) in [6.07, 6.45) is 8.00. The van der Waals surface area contributed by atoms with Gasteiger partial charge in [0.2, 0.25) is 0 Å². The van der Waals surface area contributed by atoms with E-state index in [2.05, 4.69) is 58.1 Å². The molecule has 4 atom stereocenters. The maximum Gasteiger partial charge on any atom is 0.123 e. The lowest BCUT2D eigenvalue weighted by Gasteiger charge is -2.22. The standard InChI is InChI=1S/C27H32FN3/c1-20(26-14-29-31(19-26)16-22-5-3-2-4-6-22)15-30-17-24-12-23(13-25(24)18-30)11-21-7-9-27(28)10-8-21/h2-10,14,19-20,23-25H,11-13,15-18H2,1H3/t20?,23-,24+,25-. The van der Waals surface area contributed by atoms with Crippen LogP contribution in [0.1, 0.15) is 42.4 Å². The second-order valence-corrected chi connectivity index (χ2v) is 9.76. The first kappa shape index (κ1) is 20.4. The van der Waals surface area contributed by atoms with Crippen molar-refractivity contribution in [3.63, 3.8) is 0 Å². The van der Waals surface area contributed by atoms with Gasteiger partial charge in [0, 0.05) is 25.8 Å². The number of hydrogen-bond acceptors (Lipinski definition) is 2. The summed E-state index contributed by atoms with van der Waals surface area (Å²) in [6, 6.07) is 17.6. The molecule has 1 unspecified atom stereocenters. The van der Waals surface area contributed by atoms with Gasteiger partial charge in [-0.15, -0.1) is 0 Å². The molecule has 162 valence electrons. The van der Waals surface area contributed by atoms with E-state index in [4.69, 9.17) is 0 Å². The normalized spacial score (nSPS) is 24.4. The highest BCUT2D eigenvalue weighted by atomic mass is 19.1. The first-order chi connectivity index (χ1) is 15.1. The van der Waals surface area contributed by atoms with E-state index >= 15 is 0 Å². The summed E-state index contributed by atoms with van der Waals surface area (Å²) < 4.78 is 15.2. The summed E-state index contributed by atoms with van der Waals surface area (Å²) in [5.41, 5.74) is 3.90. The molecule has 2 aliphatic rings. The molecule has 5 rings (SSSR count). The molecule has 0 bridgehead atoms. The van der Waals surface area contributed by atoms with Crippen molar-refractivity contribution in [1.82, 2.24) is 14.7 Å². The van der Waals surface area contributed by atoms with Crippen LogP contribution in [0.15, 0.2) is 67.0 Å². The van der Waals surface area contributed by atoms with Crippen LogP contribution in [0, 0.1) is 23.6 Å². The number of halogens is 1. The summed E-state index contributed by atoms with van der Waals surface area (Å²) in [5, 5.41) is 4.59. The Hall–Kier alpha value is -2.46. The first-order valence-electron chi connectivity index (χ1n) is 11.7. The zero-order valence-corrected chi connectivity index (χ0v) is 18.3. The third-order valence-corrected chi connectivity index (χ3v) is 7.30. The van der Waals surface area contributed by atoms with Crippen LogP contribution in [0.3, 0.4) is 0 Å². The van der Waals surface area contributed by atoms with Gasteiger partial charge in [-0.25, -0.2) is 4.39 Å². The van der Waals surface area contributed by atoms with E-state index < -0.39 is 0 Å². The monoisotopic (exact) mass is 417 g/mol. The third-order valence-electron chi connectivity index (χ3n) is 7.30. The molecule has 1 aliphatic carbocycles. The Morgan fingerprint density at radius 1 is 0.968 bits per heavy atom. The molecule has 1 saturated heterocycles.